The maximum absolute atomic E-state index is 10.9. The summed E-state index contributed by atoms with van der Waals surface area (Å²) in [6.07, 6.45) is 2.24. The first kappa shape index (κ1) is 10.7. The second-order valence-electron chi connectivity index (χ2n) is 2.45. The number of carbonyl (C=O) groups excluding carboxylic acids is 2. The van der Waals surface area contributed by atoms with Crippen molar-refractivity contribution < 1.29 is 9.59 Å². The average molecular weight is 174 g/mol. The predicted molar refractivity (Wildman–Crippen MR) is 47.7 cm³/mol. The molecular weight excluding hydrogens is 160 g/mol. The number of thioether (sulfide) groups is 1. The summed E-state index contributed by atoms with van der Waals surface area (Å²) in [5.41, 5.74) is 0. The van der Waals surface area contributed by atoms with Crippen molar-refractivity contribution in [3.8, 4) is 0 Å². The van der Waals surface area contributed by atoms with Gasteiger partial charge in [0.25, 0.3) is 0 Å². The molecule has 0 spiro atoms. The quantitative estimate of drug-likeness (QED) is 0.472. The molecule has 0 aliphatic heterocycles. The van der Waals surface area contributed by atoms with Gasteiger partial charge >= 0.3 is 0 Å². The predicted octanol–water partition coefficient (Wildman–Crippen LogP) is 2.03. The molecule has 0 amide bonds. The first-order valence-electron chi connectivity index (χ1n) is 3.82. The number of unbranched alkanes of at least 4 members (excludes halogenated alkanes) is 1. The average Bonchev–Trinajstić information content (AvgIpc) is 1.86. The highest BCUT2D eigenvalue weighted by Gasteiger charge is 2.04. The standard InChI is InChI=1S/C8H14O2S/c1-3-4-5-11-8(10)6-7(2)9/h3-6H2,1-2H3. The van der Waals surface area contributed by atoms with E-state index in [0.29, 0.717) is 0 Å². The molecule has 0 saturated carbocycles. The Morgan fingerprint density at radius 1 is 1.36 bits per heavy atom. The topological polar surface area (TPSA) is 34.1 Å². The minimum atomic E-state index is -0.0426. The lowest BCUT2D eigenvalue weighted by atomic mass is 10.3. The fourth-order valence-corrected chi connectivity index (χ4v) is 1.55. The number of ketones is 1. The van der Waals surface area contributed by atoms with Crippen molar-refractivity contribution in [2.45, 2.75) is 33.1 Å². The molecule has 2 nitrogen and oxygen atoms in total. The minimum Gasteiger partial charge on any atom is -0.300 e. The van der Waals surface area contributed by atoms with Crippen LogP contribution in [0.3, 0.4) is 0 Å². The first-order valence-corrected chi connectivity index (χ1v) is 4.80. The van der Waals surface area contributed by atoms with Gasteiger partial charge in [-0.25, -0.2) is 0 Å². The van der Waals surface area contributed by atoms with Gasteiger partial charge in [-0.1, -0.05) is 25.1 Å². The lowest BCUT2D eigenvalue weighted by Gasteiger charge is -1.95. The number of rotatable bonds is 5. The van der Waals surface area contributed by atoms with Crippen LogP contribution in [0.5, 0.6) is 0 Å². The van der Waals surface area contributed by atoms with E-state index < -0.39 is 0 Å². The Bertz CT molecular complexity index is 143. The van der Waals surface area contributed by atoms with Gasteiger partial charge in [0.05, 0.1) is 6.42 Å². The zero-order chi connectivity index (χ0) is 8.69. The summed E-state index contributed by atoms with van der Waals surface area (Å²) < 4.78 is 0. The van der Waals surface area contributed by atoms with Gasteiger partial charge < -0.3 is 0 Å². The molecule has 0 N–H and O–H groups in total. The van der Waals surface area contributed by atoms with Gasteiger partial charge in [-0.05, 0) is 13.3 Å². The van der Waals surface area contributed by atoms with Crippen LogP contribution in [-0.4, -0.2) is 16.7 Å². The van der Waals surface area contributed by atoms with Crippen LogP contribution in [-0.2, 0) is 9.59 Å². The Morgan fingerprint density at radius 3 is 2.45 bits per heavy atom. The van der Waals surface area contributed by atoms with E-state index >= 15 is 0 Å². The Morgan fingerprint density at radius 2 is 2.00 bits per heavy atom. The second-order valence-corrected chi connectivity index (χ2v) is 3.61. The zero-order valence-corrected chi connectivity index (χ0v) is 7.87. The second kappa shape index (κ2) is 6.40. The van der Waals surface area contributed by atoms with Crippen LogP contribution >= 0.6 is 11.8 Å². The third-order valence-corrected chi connectivity index (χ3v) is 2.11. The molecule has 0 rings (SSSR count). The summed E-state index contributed by atoms with van der Waals surface area (Å²) in [7, 11) is 0. The molecule has 0 fully saturated rings. The molecule has 64 valence electrons. The van der Waals surface area contributed by atoms with Gasteiger partial charge in [0.2, 0.25) is 0 Å². The van der Waals surface area contributed by atoms with Crippen LogP contribution in [0.1, 0.15) is 33.1 Å². The lowest BCUT2D eigenvalue weighted by Crippen LogP contribution is -2.00. The largest absolute Gasteiger partial charge is 0.300 e. The molecule has 11 heavy (non-hydrogen) atoms. The smallest absolute Gasteiger partial charge is 0.196 e. The Hall–Kier alpha value is -0.310. The molecule has 0 bridgehead atoms. The molecule has 0 saturated heterocycles. The molecule has 0 heterocycles. The van der Waals surface area contributed by atoms with E-state index in [-0.39, 0.29) is 17.3 Å². The van der Waals surface area contributed by atoms with Gasteiger partial charge in [0, 0.05) is 5.75 Å². The normalized spacial score (nSPS) is 9.64. The van der Waals surface area contributed by atoms with Gasteiger partial charge in [-0.2, -0.15) is 0 Å². The van der Waals surface area contributed by atoms with E-state index in [1.807, 2.05) is 0 Å². The Balaban J connectivity index is 3.30. The number of hydrogen-bond acceptors (Lipinski definition) is 3. The van der Waals surface area contributed by atoms with Crippen molar-refractivity contribution in [3.63, 3.8) is 0 Å². The maximum atomic E-state index is 10.9. The zero-order valence-electron chi connectivity index (χ0n) is 7.05. The van der Waals surface area contributed by atoms with Gasteiger partial charge in [0.15, 0.2) is 5.12 Å². The molecule has 0 aromatic heterocycles. The first-order chi connectivity index (χ1) is 5.16. The third kappa shape index (κ3) is 7.59. The molecular formula is C8H14O2S. The molecule has 0 atom stereocenters. The molecule has 0 unspecified atom stereocenters. The van der Waals surface area contributed by atoms with E-state index in [1.54, 1.807) is 0 Å². The number of Topliss-reactive ketones (excluding diaryl/α,β-unsaturated/α-hetero) is 1. The third-order valence-electron chi connectivity index (χ3n) is 1.15. The minimum absolute atomic E-state index is 0.00551. The van der Waals surface area contributed by atoms with Gasteiger partial charge in [0.1, 0.15) is 5.78 Å². The van der Waals surface area contributed by atoms with E-state index in [4.69, 9.17) is 0 Å². The van der Waals surface area contributed by atoms with Crippen molar-refractivity contribution in [2.24, 2.45) is 0 Å². The fraction of sp³-hybridized carbons (Fsp3) is 0.750. The van der Waals surface area contributed by atoms with Crippen LogP contribution in [0, 0.1) is 0 Å². The summed E-state index contributed by atoms with van der Waals surface area (Å²) in [5, 5.41) is 0.00551. The number of carbonyl (C=O) groups is 2. The van der Waals surface area contributed by atoms with E-state index in [2.05, 4.69) is 6.92 Å². The molecule has 0 aliphatic rings. The summed E-state index contributed by atoms with van der Waals surface area (Å²) >= 11 is 1.27. The Labute approximate surface area is 71.7 Å². The summed E-state index contributed by atoms with van der Waals surface area (Å²) in [6.45, 7) is 3.52. The summed E-state index contributed by atoms with van der Waals surface area (Å²) in [6, 6.07) is 0. The summed E-state index contributed by atoms with van der Waals surface area (Å²) in [5.74, 6) is 0.807. The van der Waals surface area contributed by atoms with Crippen molar-refractivity contribution in [2.75, 3.05) is 5.75 Å². The molecule has 0 aromatic carbocycles. The molecule has 0 radical (unpaired) electrons. The highest BCUT2D eigenvalue weighted by atomic mass is 32.2. The van der Waals surface area contributed by atoms with Crippen LogP contribution < -0.4 is 0 Å². The van der Waals surface area contributed by atoms with E-state index in [0.717, 1.165) is 18.6 Å². The van der Waals surface area contributed by atoms with Crippen LogP contribution in [0.2, 0.25) is 0 Å². The molecule has 3 heteroatoms. The van der Waals surface area contributed by atoms with E-state index in [9.17, 15) is 9.59 Å². The van der Waals surface area contributed by atoms with Crippen molar-refractivity contribution in [1.82, 2.24) is 0 Å². The van der Waals surface area contributed by atoms with Crippen LogP contribution in [0.4, 0.5) is 0 Å². The Kier molecular flexibility index (Phi) is 6.22. The van der Waals surface area contributed by atoms with Gasteiger partial charge in [-0.3, -0.25) is 9.59 Å². The van der Waals surface area contributed by atoms with Crippen molar-refractivity contribution >= 4 is 22.7 Å². The van der Waals surface area contributed by atoms with Crippen LogP contribution in [0.15, 0.2) is 0 Å². The van der Waals surface area contributed by atoms with Crippen LogP contribution in [0.25, 0.3) is 0 Å². The summed E-state index contributed by atoms with van der Waals surface area (Å²) in [4.78, 5) is 21.3. The highest BCUT2D eigenvalue weighted by Crippen LogP contribution is 2.08. The van der Waals surface area contributed by atoms with E-state index in [1.165, 1.54) is 18.7 Å². The number of hydrogen-bond donors (Lipinski definition) is 0. The fourth-order valence-electron chi connectivity index (χ4n) is 0.585. The monoisotopic (exact) mass is 174 g/mol. The lowest BCUT2D eigenvalue weighted by molar-refractivity contribution is -0.121. The highest BCUT2D eigenvalue weighted by molar-refractivity contribution is 8.13. The van der Waals surface area contributed by atoms with Crippen molar-refractivity contribution in [3.05, 3.63) is 0 Å². The maximum Gasteiger partial charge on any atom is 0.196 e. The molecule has 0 aromatic rings. The SMILES string of the molecule is CCCCSC(=O)CC(C)=O. The van der Waals surface area contributed by atoms with Crippen molar-refractivity contribution in [1.29, 1.82) is 0 Å². The molecule has 0 aliphatic carbocycles. The van der Waals surface area contributed by atoms with Gasteiger partial charge in [-0.15, -0.1) is 0 Å².